The summed E-state index contributed by atoms with van der Waals surface area (Å²) in [6, 6.07) is 9.60. The Labute approximate surface area is 140 Å². The average molecular weight is 330 g/mol. The molecule has 2 N–H and O–H groups in total. The molecule has 2 heterocycles. The van der Waals surface area contributed by atoms with E-state index in [1.54, 1.807) is 4.90 Å². The topological polar surface area (TPSA) is 82.8 Å². The van der Waals surface area contributed by atoms with Crippen molar-refractivity contribution in [1.82, 2.24) is 10.2 Å². The molecular weight excluding hydrogens is 308 g/mol. The molecule has 1 aliphatic rings. The predicted molar refractivity (Wildman–Crippen MR) is 89.9 cm³/mol. The monoisotopic (exact) mass is 330 g/mol. The first-order valence-corrected chi connectivity index (χ1v) is 8.12. The molecule has 1 aromatic heterocycles. The van der Waals surface area contributed by atoms with E-state index in [2.05, 4.69) is 5.32 Å². The Balaban J connectivity index is 1.69. The molecule has 0 radical (unpaired) electrons. The molecule has 1 aromatic carbocycles. The lowest BCUT2D eigenvalue weighted by atomic mass is 10.0. The Morgan fingerprint density at radius 3 is 2.88 bits per heavy atom. The SMILES string of the molecule is C[C@H](C(=O)N1CC[C@](C)(NCC(=O)O)C1)c1cc2ccccc2o1. The third kappa shape index (κ3) is 3.28. The third-order valence-corrected chi connectivity index (χ3v) is 4.69. The number of aliphatic carboxylic acids is 1. The summed E-state index contributed by atoms with van der Waals surface area (Å²) in [6.07, 6.45) is 0.735. The summed E-state index contributed by atoms with van der Waals surface area (Å²) in [7, 11) is 0. The summed E-state index contributed by atoms with van der Waals surface area (Å²) in [5.41, 5.74) is 0.420. The Hall–Kier alpha value is -2.34. The maximum absolute atomic E-state index is 12.8. The van der Waals surface area contributed by atoms with Gasteiger partial charge in [-0.2, -0.15) is 0 Å². The number of likely N-dealkylation sites (tertiary alicyclic amines) is 1. The van der Waals surface area contributed by atoms with Gasteiger partial charge in [0.1, 0.15) is 11.3 Å². The van der Waals surface area contributed by atoms with Crippen molar-refractivity contribution in [2.75, 3.05) is 19.6 Å². The highest BCUT2D eigenvalue weighted by Crippen LogP contribution is 2.29. The molecule has 1 amide bonds. The maximum atomic E-state index is 12.8. The highest BCUT2D eigenvalue weighted by Gasteiger charge is 2.38. The second kappa shape index (κ2) is 6.28. The van der Waals surface area contributed by atoms with Crippen molar-refractivity contribution in [2.45, 2.75) is 31.7 Å². The van der Waals surface area contributed by atoms with Gasteiger partial charge in [0.25, 0.3) is 0 Å². The van der Waals surface area contributed by atoms with Gasteiger partial charge in [-0.1, -0.05) is 18.2 Å². The van der Waals surface area contributed by atoms with Crippen LogP contribution in [-0.2, 0) is 9.59 Å². The summed E-state index contributed by atoms with van der Waals surface area (Å²) in [6.45, 7) is 4.82. The van der Waals surface area contributed by atoms with Crippen LogP contribution < -0.4 is 5.32 Å². The first-order valence-electron chi connectivity index (χ1n) is 8.12. The van der Waals surface area contributed by atoms with E-state index in [0.29, 0.717) is 18.8 Å². The second-order valence-corrected chi connectivity index (χ2v) is 6.73. The normalized spacial score (nSPS) is 22.0. The number of para-hydroxylation sites is 1. The number of carbonyl (C=O) groups is 2. The minimum absolute atomic E-state index is 0.00917. The fourth-order valence-electron chi connectivity index (χ4n) is 3.19. The molecule has 2 atom stereocenters. The predicted octanol–water partition coefficient (Wildman–Crippen LogP) is 2.20. The smallest absolute Gasteiger partial charge is 0.317 e. The van der Waals surface area contributed by atoms with Crippen LogP contribution in [0.25, 0.3) is 11.0 Å². The number of rotatable bonds is 5. The number of amides is 1. The van der Waals surface area contributed by atoms with Crippen molar-refractivity contribution in [3.8, 4) is 0 Å². The van der Waals surface area contributed by atoms with Gasteiger partial charge in [0.2, 0.25) is 5.91 Å². The summed E-state index contributed by atoms with van der Waals surface area (Å²) < 4.78 is 5.80. The van der Waals surface area contributed by atoms with E-state index in [1.165, 1.54) is 0 Å². The van der Waals surface area contributed by atoms with Gasteiger partial charge in [-0.15, -0.1) is 0 Å². The van der Waals surface area contributed by atoms with Crippen molar-refractivity contribution in [2.24, 2.45) is 0 Å². The fourth-order valence-corrected chi connectivity index (χ4v) is 3.19. The van der Waals surface area contributed by atoms with Crippen molar-refractivity contribution in [3.63, 3.8) is 0 Å². The van der Waals surface area contributed by atoms with Crippen LogP contribution in [0.3, 0.4) is 0 Å². The van der Waals surface area contributed by atoms with E-state index >= 15 is 0 Å². The number of hydrogen-bond acceptors (Lipinski definition) is 4. The highest BCUT2D eigenvalue weighted by atomic mass is 16.4. The number of carboxylic acid groups (broad SMARTS) is 1. The van der Waals surface area contributed by atoms with E-state index in [4.69, 9.17) is 9.52 Å². The van der Waals surface area contributed by atoms with E-state index in [1.807, 2.05) is 44.2 Å². The molecule has 1 saturated heterocycles. The molecule has 0 bridgehead atoms. The van der Waals surface area contributed by atoms with E-state index in [0.717, 1.165) is 17.4 Å². The van der Waals surface area contributed by atoms with Crippen LogP contribution in [0, 0.1) is 0 Å². The van der Waals surface area contributed by atoms with Crippen LogP contribution in [-0.4, -0.2) is 47.1 Å². The van der Waals surface area contributed by atoms with E-state index < -0.39 is 5.97 Å². The first-order chi connectivity index (χ1) is 11.4. The second-order valence-electron chi connectivity index (χ2n) is 6.73. The summed E-state index contributed by atoms with van der Waals surface area (Å²) in [4.78, 5) is 25.3. The lowest BCUT2D eigenvalue weighted by Crippen LogP contribution is -2.47. The van der Waals surface area contributed by atoms with Gasteiger partial charge in [0.05, 0.1) is 12.5 Å². The van der Waals surface area contributed by atoms with E-state index in [9.17, 15) is 9.59 Å². The van der Waals surface area contributed by atoms with Gasteiger partial charge in [-0.3, -0.25) is 14.9 Å². The van der Waals surface area contributed by atoms with E-state index in [-0.39, 0.29) is 23.9 Å². The van der Waals surface area contributed by atoms with Crippen molar-refractivity contribution < 1.29 is 19.1 Å². The minimum atomic E-state index is -0.892. The number of nitrogens with one attached hydrogen (secondary N) is 1. The summed E-state index contributed by atoms with van der Waals surface area (Å²) in [5, 5.41) is 12.8. The number of fused-ring (bicyclic) bond motifs is 1. The molecule has 128 valence electrons. The molecule has 1 aliphatic heterocycles. The Morgan fingerprint density at radius 1 is 1.42 bits per heavy atom. The number of hydrogen-bond donors (Lipinski definition) is 2. The van der Waals surface area contributed by atoms with Crippen LogP contribution in [0.4, 0.5) is 0 Å². The minimum Gasteiger partial charge on any atom is -0.480 e. The molecule has 24 heavy (non-hydrogen) atoms. The summed E-state index contributed by atoms with van der Waals surface area (Å²) >= 11 is 0. The molecule has 3 rings (SSSR count). The lowest BCUT2D eigenvalue weighted by molar-refractivity contribution is -0.136. The van der Waals surface area contributed by atoms with Gasteiger partial charge in [-0.25, -0.2) is 0 Å². The van der Waals surface area contributed by atoms with Crippen LogP contribution in [0.1, 0.15) is 31.9 Å². The molecule has 0 spiro atoms. The number of carboxylic acids is 1. The molecule has 2 aromatic rings. The molecule has 0 saturated carbocycles. The van der Waals surface area contributed by atoms with Crippen molar-refractivity contribution >= 4 is 22.8 Å². The number of benzene rings is 1. The fraction of sp³-hybridized carbons (Fsp3) is 0.444. The van der Waals surface area contributed by atoms with Crippen LogP contribution in [0.15, 0.2) is 34.7 Å². The molecule has 1 fully saturated rings. The first kappa shape index (κ1) is 16.5. The van der Waals surface area contributed by atoms with Crippen LogP contribution in [0.2, 0.25) is 0 Å². The third-order valence-electron chi connectivity index (χ3n) is 4.69. The van der Waals surface area contributed by atoms with Gasteiger partial charge >= 0.3 is 5.97 Å². The standard InChI is InChI=1S/C18H22N2O4/c1-12(15-9-13-5-3-4-6-14(13)24-15)17(23)20-8-7-18(2,11-20)19-10-16(21)22/h3-6,9,12,19H,7-8,10-11H2,1-2H3,(H,21,22)/t12-,18-/m0/s1. The number of nitrogens with zero attached hydrogens (tertiary/aromatic N) is 1. The largest absolute Gasteiger partial charge is 0.480 e. The molecule has 0 aliphatic carbocycles. The molecular formula is C18H22N2O4. The molecule has 0 unspecified atom stereocenters. The Bertz CT molecular complexity index is 736. The van der Waals surface area contributed by atoms with Gasteiger partial charge in [-0.05, 0) is 32.4 Å². The van der Waals surface area contributed by atoms with Gasteiger partial charge in [0.15, 0.2) is 0 Å². The maximum Gasteiger partial charge on any atom is 0.317 e. The van der Waals surface area contributed by atoms with Crippen molar-refractivity contribution in [1.29, 1.82) is 0 Å². The van der Waals surface area contributed by atoms with Gasteiger partial charge < -0.3 is 14.4 Å². The molecule has 6 nitrogen and oxygen atoms in total. The quantitative estimate of drug-likeness (QED) is 0.878. The van der Waals surface area contributed by atoms with Crippen LogP contribution in [0.5, 0.6) is 0 Å². The van der Waals surface area contributed by atoms with Gasteiger partial charge in [0, 0.05) is 24.0 Å². The summed E-state index contributed by atoms with van der Waals surface area (Å²) in [5.74, 6) is -0.584. The number of carbonyl (C=O) groups excluding carboxylic acids is 1. The lowest BCUT2D eigenvalue weighted by Gasteiger charge is -2.26. The zero-order valence-corrected chi connectivity index (χ0v) is 13.9. The van der Waals surface area contributed by atoms with Crippen molar-refractivity contribution in [3.05, 3.63) is 36.1 Å². The average Bonchev–Trinajstić information content (AvgIpc) is 3.16. The Morgan fingerprint density at radius 2 is 2.17 bits per heavy atom. The zero-order chi connectivity index (χ0) is 17.3. The molecule has 6 heteroatoms. The number of furan rings is 1. The zero-order valence-electron chi connectivity index (χ0n) is 13.9. The van der Waals surface area contributed by atoms with Crippen LogP contribution >= 0.6 is 0 Å². The highest BCUT2D eigenvalue weighted by molar-refractivity contribution is 5.85. The Kier molecular flexibility index (Phi) is 4.32.